The van der Waals surface area contributed by atoms with E-state index in [1.165, 1.54) is 11.3 Å². The molecule has 1 atom stereocenters. The van der Waals surface area contributed by atoms with E-state index < -0.39 is 0 Å². The van der Waals surface area contributed by atoms with E-state index in [0.29, 0.717) is 35.2 Å². The summed E-state index contributed by atoms with van der Waals surface area (Å²) in [5.41, 5.74) is 2.54. The minimum atomic E-state index is -0.304. The van der Waals surface area contributed by atoms with E-state index >= 15 is 0 Å². The number of nitrogens with one attached hydrogen (secondary N) is 1. The molecule has 2 amide bonds. The lowest BCUT2D eigenvalue weighted by molar-refractivity contribution is -0.117. The SMILES string of the molecule is CCc1ccccc1N1CC(c2nnc(NC(=O)c3ccc4c(c3)OCO4)s2)CC1=O. The first-order valence-electron chi connectivity index (χ1n) is 10.0. The van der Waals surface area contributed by atoms with E-state index in [-0.39, 0.29) is 24.5 Å². The lowest BCUT2D eigenvalue weighted by Crippen LogP contribution is -2.25. The molecule has 31 heavy (non-hydrogen) atoms. The van der Waals surface area contributed by atoms with Gasteiger partial charge in [0.05, 0.1) is 0 Å². The third kappa shape index (κ3) is 3.72. The fourth-order valence-electron chi connectivity index (χ4n) is 3.84. The summed E-state index contributed by atoms with van der Waals surface area (Å²) in [6, 6.07) is 13.0. The van der Waals surface area contributed by atoms with Crippen molar-refractivity contribution in [3.63, 3.8) is 0 Å². The molecule has 2 aromatic carbocycles. The summed E-state index contributed by atoms with van der Waals surface area (Å²) in [7, 11) is 0. The maximum atomic E-state index is 12.7. The third-order valence-electron chi connectivity index (χ3n) is 5.43. The predicted octanol–water partition coefficient (Wildman–Crippen LogP) is 3.60. The van der Waals surface area contributed by atoms with E-state index in [0.717, 1.165) is 22.7 Å². The van der Waals surface area contributed by atoms with Crippen LogP contribution in [0.15, 0.2) is 42.5 Å². The van der Waals surface area contributed by atoms with Crippen molar-refractivity contribution in [1.29, 1.82) is 0 Å². The van der Waals surface area contributed by atoms with Gasteiger partial charge in [-0.25, -0.2) is 0 Å². The van der Waals surface area contributed by atoms with Crippen molar-refractivity contribution in [2.24, 2.45) is 0 Å². The number of rotatable bonds is 5. The van der Waals surface area contributed by atoms with Gasteiger partial charge in [0.2, 0.25) is 17.8 Å². The Morgan fingerprint density at radius 2 is 2.03 bits per heavy atom. The van der Waals surface area contributed by atoms with Gasteiger partial charge in [0.15, 0.2) is 11.5 Å². The molecule has 9 heteroatoms. The summed E-state index contributed by atoms with van der Waals surface area (Å²) in [5, 5.41) is 12.3. The number of carbonyl (C=O) groups is 2. The normalized spacial score (nSPS) is 17.3. The molecule has 3 heterocycles. The van der Waals surface area contributed by atoms with Gasteiger partial charge < -0.3 is 14.4 Å². The molecule has 1 fully saturated rings. The van der Waals surface area contributed by atoms with Crippen molar-refractivity contribution in [1.82, 2.24) is 10.2 Å². The van der Waals surface area contributed by atoms with E-state index in [9.17, 15) is 9.59 Å². The summed E-state index contributed by atoms with van der Waals surface area (Å²) in [5.74, 6) is 0.887. The number of amides is 2. The second-order valence-corrected chi connectivity index (χ2v) is 8.36. The van der Waals surface area contributed by atoms with Crippen molar-refractivity contribution in [2.75, 3.05) is 23.6 Å². The van der Waals surface area contributed by atoms with E-state index in [1.807, 2.05) is 29.2 Å². The predicted molar refractivity (Wildman–Crippen MR) is 116 cm³/mol. The summed E-state index contributed by atoms with van der Waals surface area (Å²) in [6.45, 7) is 2.79. The second-order valence-electron chi connectivity index (χ2n) is 7.36. The monoisotopic (exact) mass is 436 g/mol. The zero-order valence-corrected chi connectivity index (χ0v) is 17.6. The highest BCUT2D eigenvalue weighted by Crippen LogP contribution is 2.36. The fourth-order valence-corrected chi connectivity index (χ4v) is 4.67. The number of anilines is 2. The van der Waals surface area contributed by atoms with Crippen LogP contribution in [0.5, 0.6) is 11.5 Å². The van der Waals surface area contributed by atoms with Crippen LogP contribution in [0, 0.1) is 0 Å². The van der Waals surface area contributed by atoms with Crippen molar-refractivity contribution >= 4 is 34.0 Å². The smallest absolute Gasteiger partial charge is 0.257 e. The molecule has 1 aromatic heterocycles. The van der Waals surface area contributed by atoms with Crippen LogP contribution in [0.4, 0.5) is 10.8 Å². The maximum absolute atomic E-state index is 12.7. The van der Waals surface area contributed by atoms with E-state index in [4.69, 9.17) is 9.47 Å². The number of hydrogen-bond acceptors (Lipinski definition) is 7. The molecule has 0 aliphatic carbocycles. The molecular formula is C22H20N4O4S. The zero-order valence-electron chi connectivity index (χ0n) is 16.8. The van der Waals surface area contributed by atoms with Gasteiger partial charge >= 0.3 is 0 Å². The van der Waals surface area contributed by atoms with Gasteiger partial charge in [-0.1, -0.05) is 36.5 Å². The Hall–Kier alpha value is -3.46. The summed E-state index contributed by atoms with van der Waals surface area (Å²) < 4.78 is 10.6. The quantitative estimate of drug-likeness (QED) is 0.657. The van der Waals surface area contributed by atoms with Crippen LogP contribution in [0.25, 0.3) is 0 Å². The van der Waals surface area contributed by atoms with Gasteiger partial charge in [0.25, 0.3) is 5.91 Å². The van der Waals surface area contributed by atoms with Crippen LogP contribution < -0.4 is 19.7 Å². The number of benzene rings is 2. The van der Waals surface area contributed by atoms with Gasteiger partial charge in [-0.3, -0.25) is 14.9 Å². The number of para-hydroxylation sites is 1. The van der Waals surface area contributed by atoms with Crippen LogP contribution in [0.2, 0.25) is 0 Å². The van der Waals surface area contributed by atoms with Crippen molar-refractivity contribution < 1.29 is 19.1 Å². The molecule has 2 aliphatic rings. The Bertz CT molecular complexity index is 1160. The molecule has 0 spiro atoms. The summed E-state index contributed by atoms with van der Waals surface area (Å²) >= 11 is 1.30. The fraction of sp³-hybridized carbons (Fsp3) is 0.273. The van der Waals surface area contributed by atoms with Crippen LogP contribution in [0.1, 0.15) is 40.2 Å². The average molecular weight is 436 g/mol. The maximum Gasteiger partial charge on any atom is 0.257 e. The molecule has 2 aliphatic heterocycles. The van der Waals surface area contributed by atoms with Crippen LogP contribution in [-0.4, -0.2) is 35.3 Å². The number of aryl methyl sites for hydroxylation is 1. The third-order valence-corrected chi connectivity index (χ3v) is 6.43. The second kappa shape index (κ2) is 7.99. The Morgan fingerprint density at radius 1 is 1.19 bits per heavy atom. The van der Waals surface area contributed by atoms with Crippen LogP contribution >= 0.6 is 11.3 Å². The molecule has 1 saturated heterocycles. The van der Waals surface area contributed by atoms with Gasteiger partial charge in [-0.2, -0.15) is 0 Å². The minimum Gasteiger partial charge on any atom is -0.454 e. The highest BCUT2D eigenvalue weighted by atomic mass is 32.1. The molecule has 8 nitrogen and oxygen atoms in total. The molecule has 0 bridgehead atoms. The molecular weight excluding hydrogens is 416 g/mol. The lowest BCUT2D eigenvalue weighted by atomic mass is 10.1. The lowest BCUT2D eigenvalue weighted by Gasteiger charge is -2.19. The van der Waals surface area contributed by atoms with Crippen molar-refractivity contribution in [3.05, 3.63) is 58.6 Å². The first-order valence-corrected chi connectivity index (χ1v) is 10.9. The highest BCUT2D eigenvalue weighted by molar-refractivity contribution is 7.15. The first kappa shape index (κ1) is 19.5. The number of carbonyl (C=O) groups excluding carboxylic acids is 2. The number of ether oxygens (including phenoxy) is 2. The Labute approximate surface area is 182 Å². The largest absolute Gasteiger partial charge is 0.454 e. The van der Waals surface area contributed by atoms with Crippen molar-refractivity contribution in [3.8, 4) is 11.5 Å². The Morgan fingerprint density at radius 3 is 2.90 bits per heavy atom. The topological polar surface area (TPSA) is 93.7 Å². The van der Waals surface area contributed by atoms with Gasteiger partial charge in [-0.15, -0.1) is 10.2 Å². The average Bonchev–Trinajstić information content (AvgIpc) is 3.52. The number of fused-ring (bicyclic) bond motifs is 1. The molecule has 1 unspecified atom stereocenters. The van der Waals surface area contributed by atoms with Gasteiger partial charge in [0.1, 0.15) is 5.01 Å². The molecule has 0 radical (unpaired) electrons. The van der Waals surface area contributed by atoms with E-state index in [1.54, 1.807) is 18.2 Å². The minimum absolute atomic E-state index is 0.0499. The molecule has 0 saturated carbocycles. The first-order chi connectivity index (χ1) is 15.1. The Balaban J connectivity index is 1.28. The van der Waals surface area contributed by atoms with Gasteiger partial charge in [0, 0.05) is 30.1 Å². The molecule has 3 aromatic rings. The zero-order chi connectivity index (χ0) is 21.4. The highest BCUT2D eigenvalue weighted by Gasteiger charge is 2.34. The molecule has 158 valence electrons. The summed E-state index contributed by atoms with van der Waals surface area (Å²) in [4.78, 5) is 27.1. The molecule has 1 N–H and O–H groups in total. The van der Waals surface area contributed by atoms with Crippen molar-refractivity contribution in [2.45, 2.75) is 25.7 Å². The molecule has 5 rings (SSSR count). The van der Waals surface area contributed by atoms with E-state index in [2.05, 4.69) is 22.4 Å². The number of hydrogen-bond donors (Lipinski definition) is 1. The summed E-state index contributed by atoms with van der Waals surface area (Å²) in [6.07, 6.45) is 1.24. The van der Waals surface area contributed by atoms with Gasteiger partial charge in [-0.05, 0) is 36.2 Å². The van der Waals surface area contributed by atoms with Crippen LogP contribution in [-0.2, 0) is 11.2 Å². The Kier molecular flexibility index (Phi) is 5.03. The number of nitrogens with zero attached hydrogens (tertiary/aromatic N) is 3. The van der Waals surface area contributed by atoms with Crippen LogP contribution in [0.3, 0.4) is 0 Å². The standard InChI is InChI=1S/C22H20N4O4S/c1-2-13-5-3-4-6-16(13)26-11-15(10-19(26)27)21-24-25-22(31-21)23-20(28)14-7-8-17-18(9-14)30-12-29-17/h3-9,15H,2,10-12H2,1H3,(H,23,25,28). The number of aromatic nitrogens is 2.